The quantitative estimate of drug-likeness (QED) is 0.606. The number of halogens is 1. The fourth-order valence-corrected chi connectivity index (χ4v) is 2.28. The van der Waals surface area contributed by atoms with E-state index in [9.17, 15) is 4.39 Å². The van der Waals surface area contributed by atoms with Gasteiger partial charge in [0, 0.05) is 6.61 Å². The van der Waals surface area contributed by atoms with Gasteiger partial charge >= 0.3 is 0 Å². The molecule has 0 bridgehead atoms. The van der Waals surface area contributed by atoms with E-state index in [1.807, 2.05) is 33.8 Å². The SMILES string of the molecule is CCOC(C)(CC)C(NN)c1cc(C)cc(F)c1. The molecule has 1 aromatic rings. The predicted molar refractivity (Wildman–Crippen MR) is 71.5 cm³/mol. The molecule has 0 aromatic heterocycles. The molecular weight excluding hydrogens is 231 g/mol. The van der Waals surface area contributed by atoms with E-state index in [1.54, 1.807) is 0 Å². The molecule has 0 aliphatic heterocycles. The van der Waals surface area contributed by atoms with E-state index in [1.165, 1.54) is 12.1 Å². The second kappa shape index (κ2) is 6.27. The number of nitrogens with one attached hydrogen (secondary N) is 1. The monoisotopic (exact) mass is 254 g/mol. The highest BCUT2D eigenvalue weighted by Crippen LogP contribution is 2.32. The highest BCUT2D eigenvalue weighted by atomic mass is 19.1. The lowest BCUT2D eigenvalue weighted by Gasteiger charge is -2.36. The van der Waals surface area contributed by atoms with Gasteiger partial charge in [0.2, 0.25) is 0 Å². The number of aryl methyl sites for hydroxylation is 1. The lowest BCUT2D eigenvalue weighted by Crippen LogP contribution is -2.46. The van der Waals surface area contributed by atoms with Crippen LogP contribution in [0.3, 0.4) is 0 Å². The summed E-state index contributed by atoms with van der Waals surface area (Å²) in [6.45, 7) is 8.42. The minimum Gasteiger partial charge on any atom is -0.374 e. The zero-order chi connectivity index (χ0) is 13.8. The lowest BCUT2D eigenvalue weighted by molar-refractivity contribution is -0.0564. The maximum Gasteiger partial charge on any atom is 0.123 e. The molecule has 0 aliphatic rings. The molecule has 0 saturated carbocycles. The van der Waals surface area contributed by atoms with Gasteiger partial charge in [0.25, 0.3) is 0 Å². The van der Waals surface area contributed by atoms with Crippen molar-refractivity contribution in [3.8, 4) is 0 Å². The van der Waals surface area contributed by atoms with Crippen LogP contribution in [0.25, 0.3) is 0 Å². The van der Waals surface area contributed by atoms with Crippen molar-refractivity contribution in [1.29, 1.82) is 0 Å². The van der Waals surface area contributed by atoms with Crippen molar-refractivity contribution in [3.63, 3.8) is 0 Å². The number of rotatable bonds is 6. The number of hydrogen-bond acceptors (Lipinski definition) is 3. The van der Waals surface area contributed by atoms with E-state index in [-0.39, 0.29) is 11.9 Å². The van der Waals surface area contributed by atoms with Crippen LogP contribution in [0.2, 0.25) is 0 Å². The van der Waals surface area contributed by atoms with E-state index in [2.05, 4.69) is 5.43 Å². The lowest BCUT2D eigenvalue weighted by atomic mass is 9.87. The Morgan fingerprint density at radius 3 is 2.50 bits per heavy atom. The van der Waals surface area contributed by atoms with E-state index >= 15 is 0 Å². The van der Waals surface area contributed by atoms with Crippen molar-refractivity contribution in [1.82, 2.24) is 5.43 Å². The van der Waals surface area contributed by atoms with Crippen molar-refractivity contribution in [2.45, 2.75) is 45.8 Å². The van der Waals surface area contributed by atoms with Gasteiger partial charge in [-0.2, -0.15) is 0 Å². The van der Waals surface area contributed by atoms with Gasteiger partial charge in [0.1, 0.15) is 5.82 Å². The van der Waals surface area contributed by atoms with Crippen LogP contribution >= 0.6 is 0 Å². The van der Waals surface area contributed by atoms with E-state index in [0.29, 0.717) is 6.61 Å². The van der Waals surface area contributed by atoms with E-state index < -0.39 is 5.60 Å². The summed E-state index contributed by atoms with van der Waals surface area (Å²) >= 11 is 0. The van der Waals surface area contributed by atoms with E-state index in [0.717, 1.165) is 17.5 Å². The molecular formula is C14H23FN2O. The Morgan fingerprint density at radius 1 is 1.39 bits per heavy atom. The Hall–Kier alpha value is -0.970. The van der Waals surface area contributed by atoms with Crippen molar-refractivity contribution in [2.75, 3.05) is 6.61 Å². The molecule has 0 aliphatic carbocycles. The minimum atomic E-state index is -0.455. The van der Waals surface area contributed by atoms with Crippen LogP contribution in [-0.4, -0.2) is 12.2 Å². The summed E-state index contributed by atoms with van der Waals surface area (Å²) in [4.78, 5) is 0. The van der Waals surface area contributed by atoms with Crippen molar-refractivity contribution < 1.29 is 9.13 Å². The standard InChI is InChI=1S/C14H23FN2O/c1-5-14(4,18-6-2)13(17-16)11-7-10(3)8-12(15)9-11/h7-9,13,17H,5-6,16H2,1-4H3. The number of benzene rings is 1. The Kier molecular flexibility index (Phi) is 5.26. The van der Waals surface area contributed by atoms with Crippen LogP contribution in [0.1, 0.15) is 44.4 Å². The Balaban J connectivity index is 3.14. The Bertz CT molecular complexity index is 377. The predicted octanol–water partition coefficient (Wildman–Crippen LogP) is 2.84. The number of hydrogen-bond donors (Lipinski definition) is 2. The van der Waals surface area contributed by atoms with Gasteiger partial charge < -0.3 is 4.74 Å². The molecule has 1 aromatic carbocycles. The van der Waals surface area contributed by atoms with Gasteiger partial charge in [-0.1, -0.05) is 13.0 Å². The normalized spacial score (nSPS) is 16.3. The fraction of sp³-hybridized carbons (Fsp3) is 0.571. The van der Waals surface area contributed by atoms with Crippen LogP contribution in [0, 0.1) is 12.7 Å². The molecule has 3 N–H and O–H groups in total. The average molecular weight is 254 g/mol. The zero-order valence-corrected chi connectivity index (χ0v) is 11.6. The first-order valence-corrected chi connectivity index (χ1v) is 6.34. The number of ether oxygens (including phenoxy) is 1. The minimum absolute atomic E-state index is 0.239. The van der Waals surface area contributed by atoms with Gasteiger partial charge in [-0.05, 0) is 50.5 Å². The van der Waals surface area contributed by atoms with Crippen molar-refractivity contribution in [2.24, 2.45) is 5.84 Å². The third-order valence-electron chi connectivity index (χ3n) is 3.35. The van der Waals surface area contributed by atoms with Crippen molar-refractivity contribution in [3.05, 3.63) is 35.1 Å². The highest BCUT2D eigenvalue weighted by molar-refractivity contribution is 5.28. The first-order chi connectivity index (χ1) is 8.46. The van der Waals surface area contributed by atoms with Crippen LogP contribution in [0.4, 0.5) is 4.39 Å². The van der Waals surface area contributed by atoms with Gasteiger partial charge in [-0.3, -0.25) is 11.3 Å². The highest BCUT2D eigenvalue weighted by Gasteiger charge is 2.34. The smallest absolute Gasteiger partial charge is 0.123 e. The molecule has 0 spiro atoms. The summed E-state index contributed by atoms with van der Waals surface area (Å²) in [5.41, 5.74) is 3.99. The summed E-state index contributed by atoms with van der Waals surface area (Å²) in [6, 6.07) is 4.70. The van der Waals surface area contributed by atoms with Gasteiger partial charge in [0.15, 0.2) is 0 Å². The summed E-state index contributed by atoms with van der Waals surface area (Å²) in [6.07, 6.45) is 0.783. The summed E-state index contributed by atoms with van der Waals surface area (Å²) in [5.74, 6) is 5.39. The molecule has 4 heteroatoms. The Labute approximate surface area is 108 Å². The largest absolute Gasteiger partial charge is 0.374 e. The van der Waals surface area contributed by atoms with Crippen LogP contribution in [-0.2, 0) is 4.74 Å². The first kappa shape index (κ1) is 15.1. The summed E-state index contributed by atoms with van der Waals surface area (Å²) in [7, 11) is 0. The molecule has 0 heterocycles. The molecule has 0 saturated heterocycles. The topological polar surface area (TPSA) is 47.3 Å². The third kappa shape index (κ3) is 3.28. The molecule has 0 amide bonds. The van der Waals surface area contributed by atoms with Crippen LogP contribution in [0.5, 0.6) is 0 Å². The van der Waals surface area contributed by atoms with Crippen LogP contribution < -0.4 is 11.3 Å². The summed E-state index contributed by atoms with van der Waals surface area (Å²) < 4.78 is 19.3. The molecule has 0 fully saturated rings. The molecule has 2 atom stereocenters. The van der Waals surface area contributed by atoms with Gasteiger partial charge in [-0.25, -0.2) is 4.39 Å². The van der Waals surface area contributed by atoms with E-state index in [4.69, 9.17) is 10.6 Å². The van der Waals surface area contributed by atoms with Gasteiger partial charge in [0.05, 0.1) is 11.6 Å². The maximum absolute atomic E-state index is 13.5. The second-order valence-electron chi connectivity index (χ2n) is 4.76. The molecule has 18 heavy (non-hydrogen) atoms. The summed E-state index contributed by atoms with van der Waals surface area (Å²) in [5, 5.41) is 0. The molecule has 0 radical (unpaired) electrons. The second-order valence-corrected chi connectivity index (χ2v) is 4.76. The fourth-order valence-electron chi connectivity index (χ4n) is 2.28. The van der Waals surface area contributed by atoms with Crippen LogP contribution in [0.15, 0.2) is 18.2 Å². The van der Waals surface area contributed by atoms with Crippen molar-refractivity contribution >= 4 is 0 Å². The number of hydrazine groups is 1. The molecule has 1 rings (SSSR count). The maximum atomic E-state index is 13.5. The number of nitrogens with two attached hydrogens (primary N) is 1. The first-order valence-electron chi connectivity index (χ1n) is 6.34. The average Bonchev–Trinajstić information content (AvgIpc) is 2.29. The molecule has 102 valence electrons. The molecule has 3 nitrogen and oxygen atoms in total. The Morgan fingerprint density at radius 2 is 2.06 bits per heavy atom. The molecule has 2 unspecified atom stereocenters. The van der Waals surface area contributed by atoms with Gasteiger partial charge in [-0.15, -0.1) is 0 Å². The zero-order valence-electron chi connectivity index (χ0n) is 11.6. The third-order valence-corrected chi connectivity index (χ3v) is 3.35.